The van der Waals surface area contributed by atoms with Crippen LogP contribution in [0.5, 0.6) is 0 Å². The van der Waals surface area contributed by atoms with Crippen molar-refractivity contribution in [2.45, 2.75) is 51.3 Å². The third-order valence-electron chi connectivity index (χ3n) is 5.52. The number of amides is 1. The third-order valence-corrected chi connectivity index (χ3v) is 8.71. The van der Waals surface area contributed by atoms with E-state index in [0.717, 1.165) is 0 Å². The van der Waals surface area contributed by atoms with E-state index in [0.29, 0.717) is 30.2 Å². The number of sulfonamides is 2. The Bertz CT molecular complexity index is 1490. The molecule has 39 heavy (non-hydrogen) atoms. The molecule has 10 nitrogen and oxygen atoms in total. The van der Waals surface area contributed by atoms with Crippen LogP contribution in [0.1, 0.15) is 49.4 Å². The second-order valence-corrected chi connectivity index (χ2v) is 13.8. The smallest absolute Gasteiger partial charge is 0.264 e. The van der Waals surface area contributed by atoms with E-state index in [9.17, 15) is 21.6 Å². The Labute approximate surface area is 231 Å². The molecule has 0 saturated heterocycles. The molecule has 0 bridgehead atoms. The van der Waals surface area contributed by atoms with E-state index in [1.807, 2.05) is 27.7 Å². The van der Waals surface area contributed by atoms with E-state index < -0.39 is 26.0 Å². The Kier molecular flexibility index (Phi) is 9.47. The molecule has 0 radical (unpaired) electrons. The number of hydrogen-bond acceptors (Lipinski definition) is 7. The number of aromatic nitrogens is 2. The van der Waals surface area contributed by atoms with E-state index in [-0.39, 0.29) is 33.1 Å². The number of benzene rings is 2. The maximum atomic E-state index is 13.2. The summed E-state index contributed by atoms with van der Waals surface area (Å²) < 4.78 is 55.7. The van der Waals surface area contributed by atoms with Gasteiger partial charge in [-0.2, -0.15) is 4.31 Å². The van der Waals surface area contributed by atoms with Gasteiger partial charge >= 0.3 is 0 Å². The lowest BCUT2D eigenvalue weighted by Gasteiger charge is -2.25. The molecule has 12 heteroatoms. The first-order valence-corrected chi connectivity index (χ1v) is 15.5. The molecular weight excluding hydrogens is 538 g/mol. The van der Waals surface area contributed by atoms with Gasteiger partial charge in [-0.05, 0) is 80.3 Å². The van der Waals surface area contributed by atoms with E-state index >= 15 is 0 Å². The minimum absolute atomic E-state index is 0.0214. The second kappa shape index (κ2) is 12.2. The Balaban J connectivity index is 1.71. The Hall–Kier alpha value is -3.35. The molecule has 0 aliphatic heterocycles. The van der Waals surface area contributed by atoms with Crippen LogP contribution in [0.2, 0.25) is 0 Å². The molecule has 1 heterocycles. The van der Waals surface area contributed by atoms with Crippen LogP contribution in [0.4, 0.5) is 11.6 Å². The number of nitrogens with zero attached hydrogens (tertiary/aromatic N) is 3. The Morgan fingerprint density at radius 1 is 0.795 bits per heavy atom. The average Bonchev–Trinajstić information content (AvgIpc) is 2.82. The van der Waals surface area contributed by atoms with Gasteiger partial charge in [-0.1, -0.05) is 27.7 Å². The normalized spacial score (nSPS) is 12.2. The molecule has 0 fully saturated rings. The summed E-state index contributed by atoms with van der Waals surface area (Å²) in [5, 5.41) is 2.70. The van der Waals surface area contributed by atoms with Gasteiger partial charge in [-0.25, -0.2) is 31.5 Å². The number of rotatable bonds is 11. The molecule has 3 aromatic rings. The summed E-state index contributed by atoms with van der Waals surface area (Å²) in [6, 6.07) is 13.1. The van der Waals surface area contributed by atoms with Gasteiger partial charge in [0.15, 0.2) is 0 Å². The fourth-order valence-electron chi connectivity index (χ4n) is 3.88. The van der Waals surface area contributed by atoms with E-state index in [2.05, 4.69) is 20.0 Å². The predicted octanol–water partition coefficient (Wildman–Crippen LogP) is 4.45. The molecule has 0 atom stereocenters. The van der Waals surface area contributed by atoms with Gasteiger partial charge in [0, 0.05) is 35.7 Å². The molecule has 210 valence electrons. The minimum Gasteiger partial charge on any atom is -0.322 e. The minimum atomic E-state index is -3.93. The molecule has 2 aromatic carbocycles. The van der Waals surface area contributed by atoms with Gasteiger partial charge in [0.05, 0.1) is 9.79 Å². The molecule has 1 aromatic heterocycles. The number of aryl methyl sites for hydroxylation is 2. The Morgan fingerprint density at radius 3 is 1.77 bits per heavy atom. The van der Waals surface area contributed by atoms with Crippen LogP contribution in [-0.2, 0) is 20.0 Å². The maximum Gasteiger partial charge on any atom is 0.264 e. The van der Waals surface area contributed by atoms with Crippen LogP contribution in [-0.4, -0.2) is 50.1 Å². The zero-order chi connectivity index (χ0) is 29.0. The van der Waals surface area contributed by atoms with Crippen LogP contribution >= 0.6 is 0 Å². The Morgan fingerprint density at radius 2 is 1.28 bits per heavy atom. The number of carbonyl (C=O) groups is 1. The van der Waals surface area contributed by atoms with Gasteiger partial charge < -0.3 is 5.32 Å². The standard InChI is InChI=1S/C27H35N5O5S2/c1-18(2)16-32(17-19(3)4)39(36,37)25-11-7-22(8-12-25)26(33)30-23-9-13-24(14-10-23)38(34,35)31-27-28-20(5)15-21(6)29-27/h7-15,18-19H,16-17H2,1-6H3,(H,30,33)(H,28,29,31). The monoisotopic (exact) mass is 573 g/mol. The SMILES string of the molecule is Cc1cc(C)nc(NS(=O)(=O)c2ccc(NC(=O)c3ccc(S(=O)(=O)N(CC(C)C)CC(C)C)cc3)cc2)n1. The molecular formula is C27H35N5O5S2. The number of nitrogens with one attached hydrogen (secondary N) is 2. The summed E-state index contributed by atoms with van der Waals surface area (Å²) in [4.78, 5) is 21.1. The summed E-state index contributed by atoms with van der Waals surface area (Å²) in [5.74, 6) is -0.147. The lowest BCUT2D eigenvalue weighted by atomic mass is 10.2. The first-order chi connectivity index (χ1) is 18.2. The van der Waals surface area contributed by atoms with Crippen LogP contribution in [0.15, 0.2) is 64.4 Å². The quantitative estimate of drug-likeness (QED) is 0.346. The van der Waals surface area contributed by atoms with Gasteiger partial charge in [0.25, 0.3) is 15.9 Å². The summed E-state index contributed by atoms with van der Waals surface area (Å²) >= 11 is 0. The summed E-state index contributed by atoms with van der Waals surface area (Å²) in [6.07, 6.45) is 0. The van der Waals surface area contributed by atoms with E-state index in [4.69, 9.17) is 0 Å². The van der Waals surface area contributed by atoms with Crippen molar-refractivity contribution in [3.8, 4) is 0 Å². The molecule has 0 aliphatic rings. The molecule has 0 saturated carbocycles. The highest BCUT2D eigenvalue weighted by atomic mass is 32.2. The fraction of sp³-hybridized carbons (Fsp3) is 0.370. The molecule has 1 amide bonds. The maximum absolute atomic E-state index is 13.2. The van der Waals surface area contributed by atoms with Gasteiger partial charge in [-0.3, -0.25) is 4.79 Å². The summed E-state index contributed by atoms with van der Waals surface area (Å²) in [6.45, 7) is 12.2. The molecule has 3 rings (SSSR count). The second-order valence-electron chi connectivity index (χ2n) is 10.2. The molecule has 0 spiro atoms. The van der Waals surface area contributed by atoms with Crippen molar-refractivity contribution >= 4 is 37.6 Å². The predicted molar refractivity (Wildman–Crippen MR) is 152 cm³/mol. The van der Waals surface area contributed by atoms with Crippen molar-refractivity contribution in [2.24, 2.45) is 11.8 Å². The fourth-order valence-corrected chi connectivity index (χ4v) is 6.59. The van der Waals surface area contributed by atoms with Crippen LogP contribution in [0.3, 0.4) is 0 Å². The van der Waals surface area contributed by atoms with Crippen molar-refractivity contribution in [3.63, 3.8) is 0 Å². The van der Waals surface area contributed by atoms with E-state index in [1.165, 1.54) is 52.8 Å². The first-order valence-electron chi connectivity index (χ1n) is 12.5. The molecule has 0 unspecified atom stereocenters. The topological polar surface area (TPSA) is 138 Å². The van der Waals surface area contributed by atoms with Crippen molar-refractivity contribution in [2.75, 3.05) is 23.1 Å². The highest BCUT2D eigenvalue weighted by Crippen LogP contribution is 2.21. The summed E-state index contributed by atoms with van der Waals surface area (Å²) in [5.41, 5.74) is 1.90. The number of hydrogen-bond donors (Lipinski definition) is 2. The zero-order valence-corrected chi connectivity index (χ0v) is 24.6. The number of anilines is 2. The first kappa shape index (κ1) is 30.2. The van der Waals surface area contributed by atoms with Gasteiger partial charge in [-0.15, -0.1) is 0 Å². The van der Waals surface area contributed by atoms with Crippen LogP contribution in [0.25, 0.3) is 0 Å². The van der Waals surface area contributed by atoms with Gasteiger partial charge in [0.2, 0.25) is 16.0 Å². The van der Waals surface area contributed by atoms with Crippen molar-refractivity contribution in [1.29, 1.82) is 0 Å². The van der Waals surface area contributed by atoms with Crippen molar-refractivity contribution < 1.29 is 21.6 Å². The zero-order valence-electron chi connectivity index (χ0n) is 23.0. The highest BCUT2D eigenvalue weighted by molar-refractivity contribution is 7.92. The van der Waals surface area contributed by atoms with Crippen molar-refractivity contribution in [1.82, 2.24) is 14.3 Å². The van der Waals surface area contributed by atoms with Crippen LogP contribution in [0, 0.1) is 25.7 Å². The molecule has 2 N–H and O–H groups in total. The van der Waals surface area contributed by atoms with Crippen LogP contribution < -0.4 is 10.0 Å². The lowest BCUT2D eigenvalue weighted by molar-refractivity contribution is 0.102. The number of carbonyl (C=O) groups excluding carboxylic acids is 1. The van der Waals surface area contributed by atoms with Crippen molar-refractivity contribution in [3.05, 3.63) is 71.5 Å². The summed E-state index contributed by atoms with van der Waals surface area (Å²) in [7, 11) is -7.64. The van der Waals surface area contributed by atoms with E-state index in [1.54, 1.807) is 19.9 Å². The third kappa shape index (κ3) is 8.07. The largest absolute Gasteiger partial charge is 0.322 e. The average molecular weight is 574 g/mol. The molecule has 0 aliphatic carbocycles. The highest BCUT2D eigenvalue weighted by Gasteiger charge is 2.26. The van der Waals surface area contributed by atoms with Gasteiger partial charge in [0.1, 0.15) is 0 Å². The lowest BCUT2D eigenvalue weighted by Crippen LogP contribution is -2.37.